The van der Waals surface area contributed by atoms with Crippen LogP contribution in [0, 0.1) is 0 Å². The Hall–Kier alpha value is -1.02. The van der Waals surface area contributed by atoms with Crippen molar-refractivity contribution in [3.8, 4) is 0 Å². The predicted molar refractivity (Wildman–Crippen MR) is 55.5 cm³/mol. The SMILES string of the molecule is CCOC(CC)c1cccc(N)c1. The second kappa shape index (κ2) is 4.87. The molecule has 1 unspecified atom stereocenters. The van der Waals surface area contributed by atoms with Crippen LogP contribution in [-0.2, 0) is 4.74 Å². The van der Waals surface area contributed by atoms with Crippen molar-refractivity contribution < 1.29 is 4.74 Å². The maximum atomic E-state index is 5.69. The van der Waals surface area contributed by atoms with Crippen molar-refractivity contribution in [1.82, 2.24) is 0 Å². The molecule has 0 amide bonds. The molecule has 2 heteroatoms. The van der Waals surface area contributed by atoms with Crippen LogP contribution in [0.4, 0.5) is 5.69 Å². The Morgan fingerprint density at radius 1 is 1.38 bits per heavy atom. The first kappa shape index (κ1) is 10.1. The molecule has 1 aromatic carbocycles. The summed E-state index contributed by atoms with van der Waals surface area (Å²) < 4.78 is 5.58. The van der Waals surface area contributed by atoms with Gasteiger partial charge >= 0.3 is 0 Å². The molecule has 1 aromatic rings. The van der Waals surface area contributed by atoms with E-state index in [0.29, 0.717) is 0 Å². The van der Waals surface area contributed by atoms with Crippen LogP contribution in [0.25, 0.3) is 0 Å². The summed E-state index contributed by atoms with van der Waals surface area (Å²) in [6, 6.07) is 7.89. The monoisotopic (exact) mass is 179 g/mol. The predicted octanol–water partition coefficient (Wildman–Crippen LogP) is 2.76. The van der Waals surface area contributed by atoms with Crippen LogP contribution in [0.15, 0.2) is 24.3 Å². The first-order valence-corrected chi connectivity index (χ1v) is 4.75. The molecule has 0 radical (unpaired) electrons. The third-order valence-corrected chi connectivity index (χ3v) is 2.02. The van der Waals surface area contributed by atoms with Gasteiger partial charge in [-0.25, -0.2) is 0 Å². The largest absolute Gasteiger partial charge is 0.399 e. The van der Waals surface area contributed by atoms with E-state index in [2.05, 4.69) is 13.0 Å². The van der Waals surface area contributed by atoms with Gasteiger partial charge in [-0.05, 0) is 31.0 Å². The molecule has 0 aliphatic rings. The molecule has 0 saturated heterocycles. The molecule has 72 valence electrons. The summed E-state index contributed by atoms with van der Waals surface area (Å²) in [6.07, 6.45) is 1.17. The molecular formula is C11H17NO. The minimum atomic E-state index is 0.188. The summed E-state index contributed by atoms with van der Waals surface area (Å²) in [5.74, 6) is 0. The number of benzene rings is 1. The Morgan fingerprint density at radius 3 is 2.69 bits per heavy atom. The maximum absolute atomic E-state index is 5.69. The second-order valence-electron chi connectivity index (χ2n) is 3.02. The molecular weight excluding hydrogens is 162 g/mol. The molecule has 1 rings (SSSR count). The lowest BCUT2D eigenvalue weighted by Gasteiger charge is -2.15. The average molecular weight is 179 g/mol. The van der Waals surface area contributed by atoms with Gasteiger partial charge in [0, 0.05) is 12.3 Å². The average Bonchev–Trinajstić information content (AvgIpc) is 2.14. The molecule has 2 N–H and O–H groups in total. The van der Waals surface area contributed by atoms with Crippen LogP contribution in [0.2, 0.25) is 0 Å². The standard InChI is InChI=1S/C11H17NO/c1-3-11(13-4-2)9-6-5-7-10(12)8-9/h5-8,11H,3-4,12H2,1-2H3. The highest BCUT2D eigenvalue weighted by atomic mass is 16.5. The second-order valence-corrected chi connectivity index (χ2v) is 3.02. The van der Waals surface area contributed by atoms with E-state index in [0.717, 1.165) is 18.7 Å². The summed E-state index contributed by atoms with van der Waals surface area (Å²) in [6.45, 7) is 4.87. The Morgan fingerprint density at radius 2 is 2.15 bits per heavy atom. The van der Waals surface area contributed by atoms with E-state index in [1.807, 2.05) is 25.1 Å². The lowest BCUT2D eigenvalue weighted by atomic mass is 10.1. The molecule has 0 aromatic heterocycles. The quantitative estimate of drug-likeness (QED) is 0.721. The third kappa shape index (κ3) is 2.74. The zero-order valence-electron chi connectivity index (χ0n) is 8.29. The van der Waals surface area contributed by atoms with Gasteiger partial charge < -0.3 is 10.5 Å². The van der Waals surface area contributed by atoms with Crippen LogP contribution in [0.3, 0.4) is 0 Å². The van der Waals surface area contributed by atoms with E-state index in [1.54, 1.807) is 0 Å². The molecule has 2 nitrogen and oxygen atoms in total. The van der Waals surface area contributed by atoms with Gasteiger partial charge in [-0.1, -0.05) is 19.1 Å². The smallest absolute Gasteiger partial charge is 0.0822 e. The van der Waals surface area contributed by atoms with Crippen molar-refractivity contribution in [3.05, 3.63) is 29.8 Å². The highest BCUT2D eigenvalue weighted by Gasteiger charge is 2.07. The molecule has 0 aliphatic carbocycles. The van der Waals surface area contributed by atoms with Gasteiger partial charge in [-0.2, -0.15) is 0 Å². The van der Waals surface area contributed by atoms with Crippen LogP contribution >= 0.6 is 0 Å². The minimum Gasteiger partial charge on any atom is -0.399 e. The first-order chi connectivity index (χ1) is 6.27. The highest BCUT2D eigenvalue weighted by Crippen LogP contribution is 2.22. The van der Waals surface area contributed by atoms with E-state index >= 15 is 0 Å². The van der Waals surface area contributed by atoms with E-state index in [1.165, 1.54) is 5.56 Å². The summed E-state index contributed by atoms with van der Waals surface area (Å²) in [5.41, 5.74) is 7.66. The van der Waals surface area contributed by atoms with Crippen molar-refractivity contribution in [1.29, 1.82) is 0 Å². The Kier molecular flexibility index (Phi) is 3.77. The van der Waals surface area contributed by atoms with Gasteiger partial charge in [-0.15, -0.1) is 0 Å². The number of nitrogens with two attached hydrogens (primary N) is 1. The molecule has 0 bridgehead atoms. The van der Waals surface area contributed by atoms with Gasteiger partial charge in [0.25, 0.3) is 0 Å². The maximum Gasteiger partial charge on any atom is 0.0822 e. The summed E-state index contributed by atoms with van der Waals surface area (Å²) in [4.78, 5) is 0. The Bertz CT molecular complexity index is 260. The normalized spacial score (nSPS) is 12.8. The lowest BCUT2D eigenvalue weighted by Crippen LogP contribution is -2.03. The van der Waals surface area contributed by atoms with Gasteiger partial charge in [0.15, 0.2) is 0 Å². The molecule has 0 fully saturated rings. The van der Waals surface area contributed by atoms with Crippen LogP contribution in [0.1, 0.15) is 31.9 Å². The van der Waals surface area contributed by atoms with Crippen molar-refractivity contribution in [2.45, 2.75) is 26.4 Å². The number of ether oxygens (including phenoxy) is 1. The fourth-order valence-corrected chi connectivity index (χ4v) is 1.41. The van der Waals surface area contributed by atoms with Crippen LogP contribution < -0.4 is 5.73 Å². The van der Waals surface area contributed by atoms with Gasteiger partial charge in [0.2, 0.25) is 0 Å². The fourth-order valence-electron chi connectivity index (χ4n) is 1.41. The van der Waals surface area contributed by atoms with E-state index in [-0.39, 0.29) is 6.10 Å². The van der Waals surface area contributed by atoms with Crippen molar-refractivity contribution >= 4 is 5.69 Å². The van der Waals surface area contributed by atoms with Gasteiger partial charge in [0.05, 0.1) is 6.10 Å². The number of rotatable bonds is 4. The van der Waals surface area contributed by atoms with Crippen molar-refractivity contribution in [2.75, 3.05) is 12.3 Å². The Labute approximate surface area is 79.7 Å². The molecule has 0 spiro atoms. The zero-order chi connectivity index (χ0) is 9.68. The summed E-state index contributed by atoms with van der Waals surface area (Å²) >= 11 is 0. The molecule has 0 heterocycles. The zero-order valence-corrected chi connectivity index (χ0v) is 8.29. The number of hydrogen-bond acceptors (Lipinski definition) is 2. The van der Waals surface area contributed by atoms with E-state index < -0.39 is 0 Å². The number of hydrogen-bond donors (Lipinski definition) is 1. The lowest BCUT2D eigenvalue weighted by molar-refractivity contribution is 0.0599. The Balaban J connectivity index is 2.78. The molecule has 13 heavy (non-hydrogen) atoms. The highest BCUT2D eigenvalue weighted by molar-refractivity contribution is 5.41. The third-order valence-electron chi connectivity index (χ3n) is 2.02. The molecule has 1 atom stereocenters. The van der Waals surface area contributed by atoms with Crippen LogP contribution in [0.5, 0.6) is 0 Å². The minimum absolute atomic E-state index is 0.188. The van der Waals surface area contributed by atoms with Gasteiger partial charge in [0.1, 0.15) is 0 Å². The van der Waals surface area contributed by atoms with Crippen LogP contribution in [-0.4, -0.2) is 6.61 Å². The number of nitrogen functional groups attached to an aromatic ring is 1. The molecule has 0 aliphatic heterocycles. The molecule has 0 saturated carbocycles. The summed E-state index contributed by atoms with van der Waals surface area (Å²) in [7, 11) is 0. The number of anilines is 1. The van der Waals surface area contributed by atoms with E-state index in [9.17, 15) is 0 Å². The topological polar surface area (TPSA) is 35.2 Å². The van der Waals surface area contributed by atoms with E-state index in [4.69, 9.17) is 10.5 Å². The van der Waals surface area contributed by atoms with Crippen molar-refractivity contribution in [3.63, 3.8) is 0 Å². The first-order valence-electron chi connectivity index (χ1n) is 4.75. The summed E-state index contributed by atoms with van der Waals surface area (Å²) in [5, 5.41) is 0. The fraction of sp³-hybridized carbons (Fsp3) is 0.455. The van der Waals surface area contributed by atoms with Gasteiger partial charge in [-0.3, -0.25) is 0 Å². The van der Waals surface area contributed by atoms with Crippen molar-refractivity contribution in [2.24, 2.45) is 0 Å².